The van der Waals surface area contributed by atoms with Gasteiger partial charge in [-0.3, -0.25) is 0 Å². The molecule has 0 heterocycles. The van der Waals surface area contributed by atoms with Crippen molar-refractivity contribution in [2.45, 2.75) is 65.3 Å². The average Bonchev–Trinajstić information content (AvgIpc) is 3.02. The standard InChI is InChI=1S/C11H21NO2.C3H6/c1-7(2)9-5-4-8(3)6-10(9)12-11(13)14;1-2-3-1/h7-10,12H,4-6H2,1-3H3,(H,13,14);1-3H2/t8-,9+,10-;/m0./s1. The van der Waals surface area contributed by atoms with E-state index in [4.69, 9.17) is 5.11 Å². The van der Waals surface area contributed by atoms with E-state index in [-0.39, 0.29) is 6.04 Å². The highest BCUT2D eigenvalue weighted by Crippen LogP contribution is 2.33. The van der Waals surface area contributed by atoms with Crippen molar-refractivity contribution in [1.29, 1.82) is 0 Å². The zero-order valence-electron chi connectivity index (χ0n) is 11.4. The molecule has 0 radical (unpaired) electrons. The second kappa shape index (κ2) is 6.87. The van der Waals surface area contributed by atoms with Crippen molar-refractivity contribution >= 4 is 6.09 Å². The molecule has 0 unspecified atom stereocenters. The van der Waals surface area contributed by atoms with Gasteiger partial charge in [0.05, 0.1) is 0 Å². The summed E-state index contributed by atoms with van der Waals surface area (Å²) in [5.74, 6) is 1.74. The van der Waals surface area contributed by atoms with Crippen LogP contribution >= 0.6 is 0 Å². The van der Waals surface area contributed by atoms with Gasteiger partial charge >= 0.3 is 6.09 Å². The average molecular weight is 241 g/mol. The summed E-state index contributed by atoms with van der Waals surface area (Å²) < 4.78 is 0. The molecular weight excluding hydrogens is 214 g/mol. The lowest BCUT2D eigenvalue weighted by Crippen LogP contribution is -2.45. The summed E-state index contributed by atoms with van der Waals surface area (Å²) in [6.45, 7) is 6.56. The molecule has 2 aliphatic carbocycles. The minimum atomic E-state index is -0.880. The van der Waals surface area contributed by atoms with Crippen molar-refractivity contribution in [2.24, 2.45) is 17.8 Å². The Balaban J connectivity index is 0.000000415. The number of hydrogen-bond acceptors (Lipinski definition) is 1. The van der Waals surface area contributed by atoms with Crippen molar-refractivity contribution in [3.05, 3.63) is 0 Å². The van der Waals surface area contributed by atoms with Gasteiger partial charge in [0.1, 0.15) is 0 Å². The van der Waals surface area contributed by atoms with Crippen LogP contribution in [0.15, 0.2) is 0 Å². The van der Waals surface area contributed by atoms with Gasteiger partial charge in [-0.15, -0.1) is 0 Å². The van der Waals surface area contributed by atoms with Crippen molar-refractivity contribution in [1.82, 2.24) is 5.32 Å². The fraction of sp³-hybridized carbons (Fsp3) is 0.929. The molecule has 2 saturated carbocycles. The lowest BCUT2D eigenvalue weighted by molar-refractivity contribution is 0.147. The summed E-state index contributed by atoms with van der Waals surface area (Å²) in [6.07, 6.45) is 7.01. The van der Waals surface area contributed by atoms with Crippen LogP contribution in [-0.2, 0) is 0 Å². The first kappa shape index (κ1) is 14.3. The van der Waals surface area contributed by atoms with Gasteiger partial charge in [-0.25, -0.2) is 4.79 Å². The third-order valence-electron chi connectivity index (χ3n) is 3.68. The molecule has 3 heteroatoms. The fourth-order valence-electron chi connectivity index (χ4n) is 2.53. The summed E-state index contributed by atoms with van der Waals surface area (Å²) >= 11 is 0. The molecule has 0 bridgehead atoms. The number of carbonyl (C=O) groups is 1. The summed E-state index contributed by atoms with van der Waals surface area (Å²) in [5.41, 5.74) is 0. The second-order valence-corrected chi connectivity index (χ2v) is 5.94. The van der Waals surface area contributed by atoms with Crippen LogP contribution in [0.25, 0.3) is 0 Å². The van der Waals surface area contributed by atoms with Gasteiger partial charge in [0, 0.05) is 6.04 Å². The first-order chi connectivity index (χ1) is 8.00. The van der Waals surface area contributed by atoms with Crippen LogP contribution in [-0.4, -0.2) is 17.2 Å². The quantitative estimate of drug-likeness (QED) is 0.770. The molecule has 0 saturated heterocycles. The fourth-order valence-corrected chi connectivity index (χ4v) is 2.53. The van der Waals surface area contributed by atoms with E-state index in [0.29, 0.717) is 17.8 Å². The van der Waals surface area contributed by atoms with Gasteiger partial charge in [-0.05, 0) is 30.6 Å². The summed E-state index contributed by atoms with van der Waals surface area (Å²) in [6, 6.07) is 0.163. The molecule has 3 atom stereocenters. The number of nitrogens with one attached hydrogen (secondary N) is 1. The molecule has 0 aromatic carbocycles. The van der Waals surface area contributed by atoms with E-state index in [1.807, 2.05) is 0 Å². The maximum atomic E-state index is 10.6. The van der Waals surface area contributed by atoms with Crippen molar-refractivity contribution in [3.63, 3.8) is 0 Å². The highest BCUT2D eigenvalue weighted by Gasteiger charge is 2.31. The Morgan fingerprint density at radius 1 is 1.24 bits per heavy atom. The van der Waals surface area contributed by atoms with Crippen LogP contribution in [0.4, 0.5) is 4.79 Å². The highest BCUT2D eigenvalue weighted by atomic mass is 16.4. The van der Waals surface area contributed by atoms with Gasteiger partial charge in [0.15, 0.2) is 0 Å². The first-order valence-electron chi connectivity index (χ1n) is 7.00. The van der Waals surface area contributed by atoms with E-state index in [1.165, 1.54) is 25.7 Å². The predicted molar refractivity (Wildman–Crippen MR) is 70.1 cm³/mol. The van der Waals surface area contributed by atoms with E-state index in [1.54, 1.807) is 0 Å². The van der Waals surface area contributed by atoms with Crippen LogP contribution < -0.4 is 5.32 Å². The van der Waals surface area contributed by atoms with E-state index < -0.39 is 6.09 Å². The molecular formula is C14H27NO2. The number of rotatable bonds is 2. The maximum absolute atomic E-state index is 10.6. The first-order valence-corrected chi connectivity index (χ1v) is 7.00. The van der Waals surface area contributed by atoms with Crippen LogP contribution in [0.3, 0.4) is 0 Å². The van der Waals surface area contributed by atoms with Gasteiger partial charge in [0.2, 0.25) is 0 Å². The molecule has 0 spiro atoms. The van der Waals surface area contributed by atoms with Crippen molar-refractivity contribution in [2.75, 3.05) is 0 Å². The van der Waals surface area contributed by atoms with Crippen molar-refractivity contribution in [3.8, 4) is 0 Å². The Hall–Kier alpha value is -0.730. The molecule has 0 aromatic rings. The molecule has 17 heavy (non-hydrogen) atoms. The molecule has 1 amide bonds. The molecule has 2 aliphatic rings. The van der Waals surface area contributed by atoms with Gasteiger partial charge in [0.25, 0.3) is 0 Å². The number of carboxylic acid groups (broad SMARTS) is 1. The summed E-state index contributed by atoms with van der Waals surface area (Å²) in [5, 5.41) is 11.4. The Kier molecular flexibility index (Phi) is 5.79. The van der Waals surface area contributed by atoms with E-state index >= 15 is 0 Å². The largest absolute Gasteiger partial charge is 0.465 e. The Labute approximate surface area is 105 Å². The number of amides is 1. The SMILES string of the molecule is C1CC1.CC(C)[C@H]1CC[C@H](C)C[C@@H]1NC(=O)O. The van der Waals surface area contributed by atoms with Gasteiger partial charge < -0.3 is 10.4 Å². The van der Waals surface area contributed by atoms with E-state index in [9.17, 15) is 4.79 Å². The lowest BCUT2D eigenvalue weighted by Gasteiger charge is -2.37. The second-order valence-electron chi connectivity index (χ2n) is 5.94. The minimum Gasteiger partial charge on any atom is -0.465 e. The van der Waals surface area contributed by atoms with Gasteiger partial charge in [-0.1, -0.05) is 46.5 Å². The predicted octanol–water partition coefficient (Wildman–Crippen LogP) is 3.89. The smallest absolute Gasteiger partial charge is 0.404 e. The van der Waals surface area contributed by atoms with Crippen molar-refractivity contribution < 1.29 is 9.90 Å². The van der Waals surface area contributed by atoms with Crippen LogP contribution in [0.5, 0.6) is 0 Å². The molecule has 3 nitrogen and oxygen atoms in total. The Morgan fingerprint density at radius 3 is 2.24 bits per heavy atom. The lowest BCUT2D eigenvalue weighted by atomic mass is 9.74. The Morgan fingerprint density at radius 2 is 1.82 bits per heavy atom. The monoisotopic (exact) mass is 241 g/mol. The summed E-state index contributed by atoms with van der Waals surface area (Å²) in [7, 11) is 0. The molecule has 0 aliphatic heterocycles. The highest BCUT2D eigenvalue weighted by molar-refractivity contribution is 5.64. The normalized spacial score (nSPS) is 31.4. The molecule has 2 fully saturated rings. The third-order valence-corrected chi connectivity index (χ3v) is 3.68. The molecule has 2 N–H and O–H groups in total. The Bertz CT molecular complexity index is 236. The number of hydrogen-bond donors (Lipinski definition) is 2. The molecule has 100 valence electrons. The zero-order valence-corrected chi connectivity index (χ0v) is 11.4. The zero-order chi connectivity index (χ0) is 12.8. The van der Waals surface area contributed by atoms with Gasteiger partial charge in [-0.2, -0.15) is 0 Å². The van der Waals surface area contributed by atoms with E-state index in [0.717, 1.165) is 12.8 Å². The summed E-state index contributed by atoms with van der Waals surface area (Å²) in [4.78, 5) is 10.6. The minimum absolute atomic E-state index is 0.163. The third kappa shape index (κ3) is 5.94. The molecule has 2 rings (SSSR count). The van der Waals surface area contributed by atoms with E-state index in [2.05, 4.69) is 26.1 Å². The van der Waals surface area contributed by atoms with Crippen LogP contribution in [0, 0.1) is 17.8 Å². The maximum Gasteiger partial charge on any atom is 0.404 e. The van der Waals surface area contributed by atoms with Crippen LogP contribution in [0.1, 0.15) is 59.3 Å². The van der Waals surface area contributed by atoms with Crippen LogP contribution in [0.2, 0.25) is 0 Å². The topological polar surface area (TPSA) is 49.3 Å². The molecule has 0 aromatic heterocycles.